The minimum absolute atomic E-state index is 0.404. The topological polar surface area (TPSA) is 15.3 Å². The Balaban J connectivity index is 1.66. The van der Waals surface area contributed by atoms with E-state index in [4.69, 9.17) is 11.6 Å². The highest BCUT2D eigenvalue weighted by Gasteiger charge is 2.10. The summed E-state index contributed by atoms with van der Waals surface area (Å²) in [6.07, 6.45) is 1.11. The second kappa shape index (κ2) is 8.54. The van der Waals surface area contributed by atoms with Crippen molar-refractivity contribution < 1.29 is 0 Å². The number of nitrogens with zero attached hydrogens (tertiary/aromatic N) is 1. The van der Waals surface area contributed by atoms with Crippen molar-refractivity contribution in [2.24, 2.45) is 0 Å². The summed E-state index contributed by atoms with van der Waals surface area (Å²) in [4.78, 5) is 2.36. The third-order valence-electron chi connectivity index (χ3n) is 3.83. The van der Waals surface area contributed by atoms with Crippen LogP contribution in [0.1, 0.15) is 24.1 Å². The molecule has 2 aromatic rings. The van der Waals surface area contributed by atoms with E-state index < -0.39 is 0 Å². The first-order valence-electron chi connectivity index (χ1n) is 7.34. The van der Waals surface area contributed by atoms with Crippen molar-refractivity contribution in [3.05, 3.63) is 57.2 Å². The smallest absolute Gasteiger partial charge is 0.0406 e. The Morgan fingerprint density at radius 2 is 1.95 bits per heavy atom. The maximum atomic E-state index is 5.93. The number of hydrogen-bond acceptors (Lipinski definition) is 3. The second-order valence-electron chi connectivity index (χ2n) is 5.34. The van der Waals surface area contributed by atoms with E-state index in [-0.39, 0.29) is 0 Å². The van der Waals surface area contributed by atoms with Gasteiger partial charge in [0.2, 0.25) is 0 Å². The van der Waals surface area contributed by atoms with Gasteiger partial charge in [-0.25, -0.2) is 0 Å². The summed E-state index contributed by atoms with van der Waals surface area (Å²) >= 11 is 7.70. The molecule has 1 atom stereocenters. The van der Waals surface area contributed by atoms with Gasteiger partial charge in [0.15, 0.2) is 0 Å². The van der Waals surface area contributed by atoms with E-state index in [2.05, 4.69) is 53.1 Å². The molecule has 0 aliphatic heterocycles. The molecule has 2 nitrogen and oxygen atoms in total. The Morgan fingerprint density at radius 1 is 1.19 bits per heavy atom. The van der Waals surface area contributed by atoms with E-state index in [0.717, 1.165) is 31.1 Å². The molecule has 21 heavy (non-hydrogen) atoms. The molecule has 0 radical (unpaired) electrons. The monoisotopic (exact) mass is 322 g/mol. The van der Waals surface area contributed by atoms with Crippen LogP contribution in [0.3, 0.4) is 0 Å². The van der Waals surface area contributed by atoms with Crippen LogP contribution in [0.25, 0.3) is 0 Å². The zero-order chi connectivity index (χ0) is 15.1. The van der Waals surface area contributed by atoms with Crippen LogP contribution in [0.5, 0.6) is 0 Å². The Bertz CT molecular complexity index is 510. The van der Waals surface area contributed by atoms with Crippen LogP contribution in [-0.4, -0.2) is 31.6 Å². The molecule has 1 aromatic heterocycles. The number of halogens is 1. The Morgan fingerprint density at radius 3 is 2.62 bits per heavy atom. The molecule has 0 fully saturated rings. The summed E-state index contributed by atoms with van der Waals surface area (Å²) in [6.45, 7) is 5.32. The maximum Gasteiger partial charge on any atom is 0.0406 e. The van der Waals surface area contributed by atoms with E-state index in [0.29, 0.717) is 6.04 Å². The molecule has 114 valence electrons. The molecule has 1 aromatic carbocycles. The van der Waals surface area contributed by atoms with E-state index in [1.807, 2.05) is 12.1 Å². The van der Waals surface area contributed by atoms with Crippen LogP contribution in [-0.2, 0) is 6.42 Å². The number of rotatable bonds is 8. The van der Waals surface area contributed by atoms with Gasteiger partial charge in [0.25, 0.3) is 0 Å². The molecule has 0 amide bonds. The number of benzene rings is 1. The molecule has 0 saturated carbocycles. The molecular weight excluding hydrogens is 300 g/mol. The molecule has 1 heterocycles. The summed E-state index contributed by atoms with van der Waals surface area (Å²) in [5.41, 5.74) is 2.73. The van der Waals surface area contributed by atoms with Gasteiger partial charge in [0.05, 0.1) is 0 Å². The second-order valence-corrected chi connectivity index (χ2v) is 6.56. The van der Waals surface area contributed by atoms with E-state index in [1.54, 1.807) is 11.3 Å². The van der Waals surface area contributed by atoms with Gasteiger partial charge in [-0.05, 0) is 67.0 Å². The highest BCUT2D eigenvalue weighted by atomic mass is 35.5. The van der Waals surface area contributed by atoms with Gasteiger partial charge in [0, 0.05) is 24.2 Å². The SMILES string of the molecule is CC(c1ccc(Cl)cc1)N(C)CCNCCc1ccsc1. The van der Waals surface area contributed by atoms with Crippen LogP contribution in [0, 0.1) is 0 Å². The molecular formula is C17H23ClN2S. The van der Waals surface area contributed by atoms with Gasteiger partial charge < -0.3 is 5.32 Å². The van der Waals surface area contributed by atoms with Crippen molar-refractivity contribution in [1.29, 1.82) is 0 Å². The van der Waals surface area contributed by atoms with Crippen LogP contribution in [0.4, 0.5) is 0 Å². The quantitative estimate of drug-likeness (QED) is 0.732. The first-order chi connectivity index (χ1) is 10.2. The highest BCUT2D eigenvalue weighted by molar-refractivity contribution is 7.07. The normalized spacial score (nSPS) is 12.8. The minimum Gasteiger partial charge on any atom is -0.315 e. The fourth-order valence-electron chi connectivity index (χ4n) is 2.24. The number of likely N-dealkylation sites (N-methyl/N-ethyl adjacent to an activating group) is 1. The third-order valence-corrected chi connectivity index (χ3v) is 4.81. The standard InChI is InChI=1S/C17H23ClN2S/c1-14(16-3-5-17(18)6-4-16)20(2)11-10-19-9-7-15-8-12-21-13-15/h3-6,8,12-14,19H,7,9-11H2,1-2H3. The number of hydrogen-bond donors (Lipinski definition) is 1. The van der Waals surface area contributed by atoms with Crippen molar-refractivity contribution in [2.45, 2.75) is 19.4 Å². The average Bonchev–Trinajstić information content (AvgIpc) is 3.00. The van der Waals surface area contributed by atoms with Gasteiger partial charge >= 0.3 is 0 Å². The van der Waals surface area contributed by atoms with Crippen LogP contribution in [0.15, 0.2) is 41.1 Å². The predicted molar refractivity (Wildman–Crippen MR) is 93.4 cm³/mol. The van der Waals surface area contributed by atoms with Crippen LogP contribution in [0.2, 0.25) is 5.02 Å². The minimum atomic E-state index is 0.404. The first kappa shape index (κ1) is 16.5. The summed E-state index contributed by atoms with van der Waals surface area (Å²) < 4.78 is 0. The highest BCUT2D eigenvalue weighted by Crippen LogP contribution is 2.20. The van der Waals surface area contributed by atoms with Crippen molar-refractivity contribution in [3.8, 4) is 0 Å². The molecule has 0 saturated heterocycles. The average molecular weight is 323 g/mol. The molecule has 4 heteroatoms. The van der Waals surface area contributed by atoms with E-state index >= 15 is 0 Å². The number of nitrogens with one attached hydrogen (secondary N) is 1. The molecule has 1 unspecified atom stereocenters. The summed E-state index contributed by atoms with van der Waals surface area (Å²) in [5.74, 6) is 0. The van der Waals surface area contributed by atoms with Gasteiger partial charge in [0.1, 0.15) is 0 Å². The molecule has 0 aliphatic rings. The lowest BCUT2D eigenvalue weighted by molar-refractivity contribution is 0.261. The Kier molecular flexibility index (Phi) is 6.71. The van der Waals surface area contributed by atoms with E-state index in [1.165, 1.54) is 11.1 Å². The van der Waals surface area contributed by atoms with Crippen LogP contribution < -0.4 is 5.32 Å². The summed E-state index contributed by atoms with van der Waals surface area (Å²) in [7, 11) is 2.17. The van der Waals surface area contributed by atoms with Crippen molar-refractivity contribution in [3.63, 3.8) is 0 Å². The van der Waals surface area contributed by atoms with E-state index in [9.17, 15) is 0 Å². The van der Waals surface area contributed by atoms with Gasteiger partial charge in [-0.2, -0.15) is 11.3 Å². The Labute approximate surface area is 136 Å². The predicted octanol–water partition coefficient (Wildman–Crippen LogP) is 4.23. The van der Waals surface area contributed by atoms with Gasteiger partial charge in [-0.3, -0.25) is 4.90 Å². The Hall–Kier alpha value is -0.870. The summed E-state index contributed by atoms with van der Waals surface area (Å²) in [5, 5.41) is 8.66. The first-order valence-corrected chi connectivity index (χ1v) is 8.66. The lowest BCUT2D eigenvalue weighted by atomic mass is 10.1. The lowest BCUT2D eigenvalue weighted by Crippen LogP contribution is -2.32. The maximum absolute atomic E-state index is 5.93. The largest absolute Gasteiger partial charge is 0.315 e. The zero-order valence-corrected chi connectivity index (χ0v) is 14.3. The summed E-state index contributed by atoms with van der Waals surface area (Å²) in [6, 6.07) is 10.7. The lowest BCUT2D eigenvalue weighted by Gasteiger charge is -2.25. The van der Waals surface area contributed by atoms with Gasteiger partial charge in [-0.15, -0.1) is 0 Å². The molecule has 2 rings (SSSR count). The van der Waals surface area contributed by atoms with Crippen molar-refractivity contribution in [1.82, 2.24) is 10.2 Å². The molecule has 0 bridgehead atoms. The van der Waals surface area contributed by atoms with Crippen LogP contribution >= 0.6 is 22.9 Å². The molecule has 1 N–H and O–H groups in total. The number of thiophene rings is 1. The third kappa shape index (κ3) is 5.44. The van der Waals surface area contributed by atoms with Crippen molar-refractivity contribution in [2.75, 3.05) is 26.7 Å². The fraction of sp³-hybridized carbons (Fsp3) is 0.412. The van der Waals surface area contributed by atoms with Crippen molar-refractivity contribution >= 4 is 22.9 Å². The zero-order valence-electron chi connectivity index (χ0n) is 12.7. The molecule has 0 aliphatic carbocycles. The van der Waals surface area contributed by atoms with Gasteiger partial charge in [-0.1, -0.05) is 23.7 Å². The fourth-order valence-corrected chi connectivity index (χ4v) is 3.07. The molecule has 0 spiro atoms.